The van der Waals surface area contributed by atoms with Crippen molar-refractivity contribution in [2.24, 2.45) is 5.92 Å². The number of H-pyrrole nitrogens is 1. The molecule has 1 aliphatic heterocycles. The molecule has 4 nitrogen and oxygen atoms in total. The van der Waals surface area contributed by atoms with Crippen molar-refractivity contribution in [1.29, 1.82) is 0 Å². The predicted molar refractivity (Wildman–Crippen MR) is 101 cm³/mol. The molecule has 2 fully saturated rings. The first-order valence-corrected chi connectivity index (χ1v) is 9.79. The molecule has 1 saturated carbocycles. The van der Waals surface area contributed by atoms with Crippen LogP contribution in [0.15, 0.2) is 24.3 Å². The van der Waals surface area contributed by atoms with Crippen molar-refractivity contribution in [3.05, 3.63) is 35.5 Å². The molecule has 0 unspecified atom stereocenters. The molecule has 2 heterocycles. The van der Waals surface area contributed by atoms with Gasteiger partial charge in [-0.1, -0.05) is 37.5 Å². The summed E-state index contributed by atoms with van der Waals surface area (Å²) in [4.78, 5) is 20.8. The number of aromatic amines is 1. The third kappa shape index (κ3) is 3.45. The SMILES string of the molecule is Cc1[nH]c2ccccc2c1CN1CCN(C(=O)C2CCCCC2)CC1. The fourth-order valence-corrected chi connectivity index (χ4v) is 4.50. The van der Waals surface area contributed by atoms with E-state index in [2.05, 4.69) is 46.0 Å². The molecular weight excluding hydrogens is 310 g/mol. The van der Waals surface area contributed by atoms with Crippen molar-refractivity contribution in [3.63, 3.8) is 0 Å². The molecule has 0 atom stereocenters. The standard InChI is InChI=1S/C21H29N3O/c1-16-19(18-9-5-6-10-20(18)22-16)15-23-11-13-24(14-12-23)21(25)17-7-3-2-4-8-17/h5-6,9-10,17,22H,2-4,7-8,11-15H2,1H3. The van der Waals surface area contributed by atoms with Crippen molar-refractivity contribution in [2.75, 3.05) is 26.2 Å². The van der Waals surface area contributed by atoms with Crippen LogP contribution < -0.4 is 0 Å². The lowest BCUT2D eigenvalue weighted by atomic mass is 9.88. The maximum atomic E-state index is 12.7. The number of hydrogen-bond donors (Lipinski definition) is 1. The zero-order chi connectivity index (χ0) is 17.2. The summed E-state index contributed by atoms with van der Waals surface area (Å²) in [6, 6.07) is 8.54. The van der Waals surface area contributed by atoms with Crippen molar-refractivity contribution >= 4 is 16.8 Å². The van der Waals surface area contributed by atoms with Gasteiger partial charge < -0.3 is 9.88 Å². The van der Waals surface area contributed by atoms with E-state index in [1.165, 1.54) is 41.4 Å². The molecule has 1 N–H and O–H groups in total. The summed E-state index contributed by atoms with van der Waals surface area (Å²) in [5.41, 5.74) is 3.89. The van der Waals surface area contributed by atoms with Crippen LogP contribution in [0.4, 0.5) is 0 Å². The Morgan fingerprint density at radius 3 is 2.56 bits per heavy atom. The Hall–Kier alpha value is -1.81. The molecular formula is C21H29N3O. The van der Waals surface area contributed by atoms with Gasteiger partial charge in [0.2, 0.25) is 5.91 Å². The highest BCUT2D eigenvalue weighted by Gasteiger charge is 2.28. The van der Waals surface area contributed by atoms with Gasteiger partial charge in [-0.05, 0) is 31.4 Å². The summed E-state index contributed by atoms with van der Waals surface area (Å²) in [6.45, 7) is 6.88. The van der Waals surface area contributed by atoms with Gasteiger partial charge in [0.05, 0.1) is 0 Å². The molecule has 1 aliphatic carbocycles. The molecule has 1 aromatic carbocycles. The van der Waals surface area contributed by atoms with Gasteiger partial charge in [-0.15, -0.1) is 0 Å². The molecule has 2 aliphatic rings. The maximum Gasteiger partial charge on any atom is 0.225 e. The van der Waals surface area contributed by atoms with Gasteiger partial charge >= 0.3 is 0 Å². The number of carbonyl (C=O) groups is 1. The Kier molecular flexibility index (Phi) is 4.80. The van der Waals surface area contributed by atoms with Crippen LogP contribution in [0, 0.1) is 12.8 Å². The van der Waals surface area contributed by atoms with Crippen LogP contribution in [0.25, 0.3) is 10.9 Å². The summed E-state index contributed by atoms with van der Waals surface area (Å²) >= 11 is 0. The third-order valence-corrected chi connectivity index (χ3v) is 6.05. The smallest absolute Gasteiger partial charge is 0.225 e. The quantitative estimate of drug-likeness (QED) is 0.926. The number of piperazine rings is 1. The molecule has 134 valence electrons. The van der Waals surface area contributed by atoms with E-state index in [4.69, 9.17) is 0 Å². The van der Waals surface area contributed by atoms with Gasteiger partial charge in [0, 0.05) is 55.2 Å². The van der Waals surface area contributed by atoms with Crippen molar-refractivity contribution in [3.8, 4) is 0 Å². The first-order chi connectivity index (χ1) is 12.2. The second-order valence-corrected chi connectivity index (χ2v) is 7.71. The van der Waals surface area contributed by atoms with Crippen LogP contribution >= 0.6 is 0 Å². The minimum Gasteiger partial charge on any atom is -0.358 e. The van der Waals surface area contributed by atoms with Crippen LogP contribution in [0.1, 0.15) is 43.4 Å². The van der Waals surface area contributed by atoms with Crippen molar-refractivity contribution in [2.45, 2.75) is 45.6 Å². The summed E-state index contributed by atoms with van der Waals surface area (Å²) < 4.78 is 0. The second kappa shape index (κ2) is 7.20. The fraction of sp³-hybridized carbons (Fsp3) is 0.571. The summed E-state index contributed by atoms with van der Waals surface area (Å²) in [7, 11) is 0. The lowest BCUT2D eigenvalue weighted by Gasteiger charge is -2.37. The lowest BCUT2D eigenvalue weighted by molar-refractivity contribution is -0.138. The molecule has 0 spiro atoms. The van der Waals surface area contributed by atoms with Crippen LogP contribution in [-0.4, -0.2) is 46.9 Å². The molecule has 4 rings (SSSR count). The van der Waals surface area contributed by atoms with E-state index in [-0.39, 0.29) is 0 Å². The number of amides is 1. The summed E-state index contributed by atoms with van der Waals surface area (Å²) in [6.07, 6.45) is 5.98. The van der Waals surface area contributed by atoms with Crippen LogP contribution in [-0.2, 0) is 11.3 Å². The molecule has 4 heteroatoms. The number of benzene rings is 1. The normalized spacial score (nSPS) is 20.3. The molecule has 1 aromatic heterocycles. The largest absolute Gasteiger partial charge is 0.358 e. The van der Waals surface area contributed by atoms with Gasteiger partial charge in [-0.25, -0.2) is 0 Å². The van der Waals surface area contributed by atoms with Gasteiger partial charge in [-0.2, -0.15) is 0 Å². The first kappa shape index (κ1) is 16.6. The number of nitrogens with zero attached hydrogens (tertiary/aromatic N) is 2. The van der Waals surface area contributed by atoms with Gasteiger partial charge in [0.1, 0.15) is 0 Å². The van der Waals surface area contributed by atoms with E-state index in [1.54, 1.807) is 0 Å². The molecule has 0 radical (unpaired) electrons. The zero-order valence-electron chi connectivity index (χ0n) is 15.3. The Labute approximate surface area is 150 Å². The number of aryl methyl sites for hydroxylation is 1. The minimum absolute atomic E-state index is 0.302. The molecule has 25 heavy (non-hydrogen) atoms. The zero-order valence-corrected chi connectivity index (χ0v) is 15.3. The molecule has 2 aromatic rings. The summed E-state index contributed by atoms with van der Waals surface area (Å²) in [5.74, 6) is 0.721. The summed E-state index contributed by atoms with van der Waals surface area (Å²) in [5, 5.41) is 1.33. The highest BCUT2D eigenvalue weighted by molar-refractivity contribution is 5.84. The topological polar surface area (TPSA) is 39.3 Å². The van der Waals surface area contributed by atoms with Crippen molar-refractivity contribution < 1.29 is 4.79 Å². The van der Waals surface area contributed by atoms with E-state index in [9.17, 15) is 4.79 Å². The Balaban J connectivity index is 1.37. The minimum atomic E-state index is 0.302. The Bertz CT molecular complexity index is 737. The number of hydrogen-bond acceptors (Lipinski definition) is 2. The average molecular weight is 339 g/mol. The number of nitrogens with one attached hydrogen (secondary N) is 1. The van der Waals surface area contributed by atoms with Crippen LogP contribution in [0.2, 0.25) is 0 Å². The van der Waals surface area contributed by atoms with Crippen LogP contribution in [0.5, 0.6) is 0 Å². The second-order valence-electron chi connectivity index (χ2n) is 7.71. The van der Waals surface area contributed by atoms with Gasteiger partial charge in [-0.3, -0.25) is 9.69 Å². The molecule has 0 bridgehead atoms. The third-order valence-electron chi connectivity index (χ3n) is 6.05. The van der Waals surface area contributed by atoms with E-state index in [1.807, 2.05) is 0 Å². The first-order valence-electron chi connectivity index (χ1n) is 9.79. The lowest BCUT2D eigenvalue weighted by Crippen LogP contribution is -2.50. The number of fused-ring (bicyclic) bond motifs is 1. The highest BCUT2D eigenvalue weighted by Crippen LogP contribution is 2.27. The van der Waals surface area contributed by atoms with E-state index >= 15 is 0 Å². The van der Waals surface area contributed by atoms with E-state index in [0.717, 1.165) is 45.6 Å². The predicted octanol–water partition coefficient (Wildman–Crippen LogP) is 3.70. The maximum absolute atomic E-state index is 12.7. The Morgan fingerprint density at radius 2 is 1.80 bits per heavy atom. The van der Waals surface area contributed by atoms with Gasteiger partial charge in [0.25, 0.3) is 0 Å². The Morgan fingerprint density at radius 1 is 1.08 bits per heavy atom. The highest BCUT2D eigenvalue weighted by atomic mass is 16.2. The monoisotopic (exact) mass is 339 g/mol. The fourth-order valence-electron chi connectivity index (χ4n) is 4.50. The molecule has 1 saturated heterocycles. The number of carbonyl (C=O) groups excluding carboxylic acids is 1. The number of rotatable bonds is 3. The van der Waals surface area contributed by atoms with E-state index < -0.39 is 0 Å². The van der Waals surface area contributed by atoms with Crippen LogP contribution in [0.3, 0.4) is 0 Å². The van der Waals surface area contributed by atoms with E-state index in [0.29, 0.717) is 11.8 Å². The van der Waals surface area contributed by atoms with Gasteiger partial charge in [0.15, 0.2) is 0 Å². The number of aromatic nitrogens is 1. The molecule has 1 amide bonds. The average Bonchev–Trinajstić information content (AvgIpc) is 2.98. The van der Waals surface area contributed by atoms with Crippen molar-refractivity contribution in [1.82, 2.24) is 14.8 Å². The number of para-hydroxylation sites is 1.